The van der Waals surface area contributed by atoms with E-state index in [1.165, 1.54) is 30.2 Å². The van der Waals surface area contributed by atoms with E-state index >= 15 is 0 Å². The van der Waals surface area contributed by atoms with Crippen molar-refractivity contribution in [1.82, 2.24) is 14.8 Å². The molecule has 0 saturated carbocycles. The molecule has 4 rings (SSSR count). The quantitative estimate of drug-likeness (QED) is 0.132. The number of carbonyl (C=O) groups excluding carboxylic acids is 2. The zero-order valence-corrected chi connectivity index (χ0v) is 23.7. The molecule has 10 nitrogen and oxygen atoms in total. The van der Waals surface area contributed by atoms with E-state index in [2.05, 4.69) is 11.1 Å². The smallest absolute Gasteiger partial charge is 0.269 e. The van der Waals surface area contributed by atoms with Crippen molar-refractivity contribution in [3.05, 3.63) is 112 Å². The molecule has 0 fully saturated rings. The second-order valence-electron chi connectivity index (χ2n) is 9.71. The number of nitrogens with one attached hydrogen (secondary N) is 1. The number of rotatable bonds is 14. The van der Waals surface area contributed by atoms with Crippen LogP contribution in [0.25, 0.3) is 17.0 Å². The van der Waals surface area contributed by atoms with Gasteiger partial charge in [-0.2, -0.15) is 0 Å². The third kappa shape index (κ3) is 8.05. The molecule has 0 atom stereocenters. The highest BCUT2D eigenvalue weighted by Crippen LogP contribution is 2.20. The van der Waals surface area contributed by atoms with E-state index in [0.717, 1.165) is 27.8 Å². The summed E-state index contributed by atoms with van der Waals surface area (Å²) in [4.78, 5) is 43.8. The number of nitro benzene ring substituents is 1. The lowest BCUT2D eigenvalue weighted by Crippen LogP contribution is -2.44. The first-order chi connectivity index (χ1) is 20.4. The number of fused-ring (bicyclic) bond motifs is 1. The summed E-state index contributed by atoms with van der Waals surface area (Å²) in [6.07, 6.45) is 5.54. The van der Waals surface area contributed by atoms with Crippen molar-refractivity contribution >= 4 is 34.5 Å². The van der Waals surface area contributed by atoms with Gasteiger partial charge in [-0.05, 0) is 59.5 Å². The van der Waals surface area contributed by atoms with Gasteiger partial charge in [0.15, 0.2) is 0 Å². The average Bonchev–Trinajstić information content (AvgIpc) is 3.43. The monoisotopic (exact) mass is 570 g/mol. The second-order valence-corrected chi connectivity index (χ2v) is 9.71. The number of hydrogen-bond acceptors (Lipinski definition) is 6. The summed E-state index contributed by atoms with van der Waals surface area (Å²) < 4.78 is 10.5. The Kier molecular flexibility index (Phi) is 10.4. The van der Waals surface area contributed by atoms with Gasteiger partial charge in [-0.3, -0.25) is 19.7 Å². The van der Waals surface area contributed by atoms with Gasteiger partial charge in [-0.15, -0.1) is 0 Å². The number of aromatic amines is 1. The zero-order chi connectivity index (χ0) is 29.9. The molecule has 0 saturated heterocycles. The molecule has 0 aliphatic rings. The highest BCUT2D eigenvalue weighted by molar-refractivity contribution is 5.94. The fourth-order valence-electron chi connectivity index (χ4n) is 4.55. The van der Waals surface area contributed by atoms with Gasteiger partial charge in [0.25, 0.3) is 5.69 Å². The van der Waals surface area contributed by atoms with Crippen molar-refractivity contribution < 1.29 is 24.0 Å². The number of carbonyl (C=O) groups is 2. The van der Waals surface area contributed by atoms with Crippen molar-refractivity contribution in [1.29, 1.82) is 0 Å². The summed E-state index contributed by atoms with van der Waals surface area (Å²) in [5.41, 5.74) is 3.69. The van der Waals surface area contributed by atoms with Crippen LogP contribution in [0.4, 0.5) is 5.69 Å². The van der Waals surface area contributed by atoms with E-state index < -0.39 is 4.92 Å². The fraction of sp³-hybridized carbons (Fsp3) is 0.250. The van der Waals surface area contributed by atoms with Gasteiger partial charge < -0.3 is 24.3 Å². The topological polar surface area (TPSA) is 118 Å². The maximum atomic E-state index is 13.7. The van der Waals surface area contributed by atoms with Gasteiger partial charge in [-0.1, -0.05) is 30.3 Å². The minimum atomic E-state index is -0.479. The molecule has 1 N–H and O–H groups in total. The molecule has 218 valence electrons. The SMILES string of the molecule is COCCN(CC(=O)N(CCc1c[nH]c2ccccc12)Cc1ccc(OC)cc1)C(=O)C=Cc1ccc([N+](=O)[O-])cc1. The summed E-state index contributed by atoms with van der Waals surface area (Å²) in [7, 11) is 3.14. The number of nitro groups is 1. The van der Waals surface area contributed by atoms with E-state index in [-0.39, 0.29) is 37.2 Å². The molecule has 42 heavy (non-hydrogen) atoms. The Balaban J connectivity index is 1.50. The van der Waals surface area contributed by atoms with Gasteiger partial charge in [0.2, 0.25) is 11.8 Å². The molecule has 0 aliphatic heterocycles. The van der Waals surface area contributed by atoms with Crippen LogP contribution in [0.5, 0.6) is 5.75 Å². The van der Waals surface area contributed by atoms with Gasteiger partial charge in [-0.25, -0.2) is 0 Å². The van der Waals surface area contributed by atoms with Crippen LogP contribution in [0.15, 0.2) is 85.1 Å². The molecule has 0 bridgehead atoms. The molecule has 0 aliphatic carbocycles. The lowest BCUT2D eigenvalue weighted by atomic mass is 10.1. The number of non-ortho nitro benzene ring substituents is 1. The Bertz CT molecular complexity index is 1530. The van der Waals surface area contributed by atoms with Crippen molar-refractivity contribution in [2.24, 2.45) is 0 Å². The van der Waals surface area contributed by atoms with Crippen molar-refractivity contribution in [3.8, 4) is 5.75 Å². The average molecular weight is 571 g/mol. The summed E-state index contributed by atoms with van der Waals surface area (Å²) in [6.45, 7) is 1.19. The minimum absolute atomic E-state index is 0.0321. The van der Waals surface area contributed by atoms with E-state index in [0.29, 0.717) is 25.1 Å². The van der Waals surface area contributed by atoms with Gasteiger partial charge in [0, 0.05) is 62.1 Å². The molecule has 2 amide bonds. The standard InChI is InChI=1S/C32H34N4O6/c1-41-20-19-35(31(37)16-11-24-7-12-27(13-8-24)36(39)40)23-32(38)34(22-25-9-14-28(42-2)15-10-25)18-17-26-21-33-30-6-4-3-5-29(26)30/h3-16,21,33H,17-20,22-23H2,1-2H3. The third-order valence-corrected chi connectivity index (χ3v) is 6.94. The molecule has 0 unspecified atom stereocenters. The number of benzene rings is 3. The minimum Gasteiger partial charge on any atom is -0.497 e. The van der Waals surface area contributed by atoms with E-state index in [9.17, 15) is 19.7 Å². The molecule has 0 radical (unpaired) electrons. The highest BCUT2D eigenvalue weighted by Gasteiger charge is 2.21. The molecule has 1 aromatic heterocycles. The lowest BCUT2D eigenvalue weighted by Gasteiger charge is -2.27. The summed E-state index contributed by atoms with van der Waals surface area (Å²) >= 11 is 0. The fourth-order valence-corrected chi connectivity index (χ4v) is 4.55. The largest absolute Gasteiger partial charge is 0.497 e. The maximum Gasteiger partial charge on any atom is 0.269 e. The number of methoxy groups -OCH3 is 2. The van der Waals surface area contributed by atoms with Crippen LogP contribution in [0, 0.1) is 10.1 Å². The van der Waals surface area contributed by atoms with Gasteiger partial charge in [0.05, 0.1) is 18.6 Å². The van der Waals surface area contributed by atoms with Crippen LogP contribution in [-0.2, 0) is 27.3 Å². The first-order valence-corrected chi connectivity index (χ1v) is 13.5. The van der Waals surface area contributed by atoms with Crippen molar-refractivity contribution in [2.45, 2.75) is 13.0 Å². The number of ether oxygens (including phenoxy) is 2. The number of aromatic nitrogens is 1. The normalized spacial score (nSPS) is 11.1. The Morgan fingerprint density at radius 1 is 0.952 bits per heavy atom. The molecular weight excluding hydrogens is 536 g/mol. The molecule has 10 heteroatoms. The predicted molar refractivity (Wildman–Crippen MR) is 161 cm³/mol. The first-order valence-electron chi connectivity index (χ1n) is 13.5. The summed E-state index contributed by atoms with van der Waals surface area (Å²) in [6, 6.07) is 21.5. The highest BCUT2D eigenvalue weighted by atomic mass is 16.6. The molecule has 0 spiro atoms. The van der Waals surface area contributed by atoms with Gasteiger partial charge in [0.1, 0.15) is 12.3 Å². The Morgan fingerprint density at radius 2 is 1.69 bits per heavy atom. The van der Waals surface area contributed by atoms with Crippen LogP contribution in [0.1, 0.15) is 16.7 Å². The number of hydrogen-bond donors (Lipinski definition) is 1. The molecule has 3 aromatic carbocycles. The number of amides is 2. The summed E-state index contributed by atoms with van der Waals surface area (Å²) in [5, 5.41) is 12.0. The van der Waals surface area contributed by atoms with Gasteiger partial charge >= 0.3 is 0 Å². The number of nitrogens with zero attached hydrogens (tertiary/aromatic N) is 3. The van der Waals surface area contributed by atoms with Crippen LogP contribution in [0.3, 0.4) is 0 Å². The maximum absolute atomic E-state index is 13.7. The first kappa shape index (κ1) is 30.0. The van der Waals surface area contributed by atoms with Crippen LogP contribution >= 0.6 is 0 Å². The number of H-pyrrole nitrogens is 1. The van der Waals surface area contributed by atoms with Crippen LogP contribution < -0.4 is 4.74 Å². The van der Waals surface area contributed by atoms with Crippen molar-refractivity contribution in [3.63, 3.8) is 0 Å². The Hall–Kier alpha value is -4.96. The third-order valence-electron chi connectivity index (χ3n) is 6.94. The van der Waals surface area contributed by atoms with Crippen molar-refractivity contribution in [2.75, 3.05) is 40.5 Å². The lowest BCUT2D eigenvalue weighted by molar-refractivity contribution is -0.384. The van der Waals surface area contributed by atoms with Crippen LogP contribution in [0.2, 0.25) is 0 Å². The number of para-hydroxylation sites is 1. The van der Waals surface area contributed by atoms with E-state index in [4.69, 9.17) is 9.47 Å². The molecule has 1 heterocycles. The predicted octanol–water partition coefficient (Wildman–Crippen LogP) is 4.84. The molecular formula is C32H34N4O6. The Labute approximate surface area is 244 Å². The second kappa shape index (κ2) is 14.6. The van der Waals surface area contributed by atoms with E-state index in [1.807, 2.05) is 48.7 Å². The zero-order valence-electron chi connectivity index (χ0n) is 23.7. The summed E-state index contributed by atoms with van der Waals surface area (Å²) in [5.74, 6) is 0.171. The van der Waals surface area contributed by atoms with E-state index in [1.54, 1.807) is 30.2 Å². The molecule has 4 aromatic rings. The Morgan fingerprint density at radius 3 is 2.38 bits per heavy atom. The van der Waals surface area contributed by atoms with Crippen LogP contribution in [-0.4, -0.2) is 72.0 Å².